The summed E-state index contributed by atoms with van der Waals surface area (Å²) in [6, 6.07) is 0. The van der Waals surface area contributed by atoms with Crippen LogP contribution in [0.4, 0.5) is 14.4 Å². The molecule has 0 heterocycles. The summed E-state index contributed by atoms with van der Waals surface area (Å²) < 4.78 is -2.25. The molecule has 3 N–H and O–H groups in total. The number of hydrogen-bond donors (Lipinski definition) is 3. The number of hydrazine groups is 1. The number of hydrogen-bond acceptors (Lipinski definition) is 3. The Morgan fingerprint density at radius 3 is 2.18 bits per heavy atom. The van der Waals surface area contributed by atoms with Gasteiger partial charge in [0.2, 0.25) is 0 Å². The van der Waals surface area contributed by atoms with Gasteiger partial charge in [0.1, 0.15) is 0 Å². The molecule has 0 saturated heterocycles. The first kappa shape index (κ1) is 10.9. The maximum absolute atomic E-state index is 10.5. The van der Waals surface area contributed by atoms with Crippen molar-refractivity contribution < 1.29 is 40.7 Å². The molecule has 0 unspecified atom stereocenters. The molecular formula is C3H3I2N2O4-. The quantitative estimate of drug-likeness (QED) is 0.213. The van der Waals surface area contributed by atoms with Gasteiger partial charge in [0.25, 0.3) is 0 Å². The van der Waals surface area contributed by atoms with E-state index in [1.807, 2.05) is 10.9 Å². The summed E-state index contributed by atoms with van der Waals surface area (Å²) in [7, 11) is 0. The zero-order chi connectivity index (χ0) is 8.85. The fourth-order valence-electron chi connectivity index (χ4n) is 0.195. The van der Waals surface area contributed by atoms with Crippen LogP contribution in [0, 0.1) is 0 Å². The molecule has 0 aromatic carbocycles. The van der Waals surface area contributed by atoms with Crippen molar-refractivity contribution in [3.8, 4) is 0 Å². The molecule has 0 aliphatic rings. The zero-order valence-electron chi connectivity index (χ0n) is 4.93. The Labute approximate surface area is 85.5 Å². The van der Waals surface area contributed by atoms with E-state index < -0.39 is 33.0 Å². The van der Waals surface area contributed by atoms with Crippen molar-refractivity contribution >= 4 is 34.4 Å². The van der Waals surface area contributed by atoms with Crippen LogP contribution in [0.15, 0.2) is 0 Å². The first-order valence-corrected chi connectivity index (χ1v) is 5.39. The maximum atomic E-state index is 10.5. The third-order valence-corrected chi connectivity index (χ3v) is 1.92. The summed E-state index contributed by atoms with van der Waals surface area (Å²) in [5, 5.41) is 8.12. The molecule has 6 nitrogen and oxygen atoms in total. The minimum atomic E-state index is -1.58. The van der Waals surface area contributed by atoms with Crippen LogP contribution >= 0.6 is 22.6 Å². The molecular weight excluding hydrogens is 382 g/mol. The topological polar surface area (TPSA) is 95.5 Å². The van der Waals surface area contributed by atoms with Crippen molar-refractivity contribution in [2.24, 2.45) is 0 Å². The Morgan fingerprint density at radius 1 is 1.27 bits per heavy atom. The molecule has 0 bridgehead atoms. The van der Waals surface area contributed by atoms with Crippen molar-refractivity contribution in [2.75, 3.05) is 0 Å². The van der Waals surface area contributed by atoms with Crippen molar-refractivity contribution in [3.63, 3.8) is 0 Å². The predicted octanol–water partition coefficient (Wildman–Crippen LogP) is -2.48. The average molecular weight is 385 g/mol. The Balaban J connectivity index is 3.53. The average Bonchev–Trinajstić information content (AvgIpc) is 1.82. The van der Waals surface area contributed by atoms with Crippen molar-refractivity contribution in [2.45, 2.75) is 0 Å². The van der Waals surface area contributed by atoms with E-state index in [1.165, 1.54) is 22.6 Å². The van der Waals surface area contributed by atoms with Gasteiger partial charge in [-0.1, -0.05) is 0 Å². The van der Waals surface area contributed by atoms with Crippen molar-refractivity contribution in [1.29, 1.82) is 0 Å². The van der Waals surface area contributed by atoms with Crippen LogP contribution < -0.4 is 32.1 Å². The summed E-state index contributed by atoms with van der Waals surface area (Å²) in [5.41, 5.74) is 3.90. The molecule has 11 heavy (non-hydrogen) atoms. The van der Waals surface area contributed by atoms with E-state index in [4.69, 9.17) is 5.11 Å². The number of halogens is 2. The van der Waals surface area contributed by atoms with E-state index in [0.717, 1.165) is 0 Å². The standard InChI is InChI=1S/C3H3I2N2O4/c4-1(8)6-7-2(9)5-3(10)11/h(H,6,8)(H,7,9)(H,10,11)/q-1. The zero-order valence-corrected chi connectivity index (χ0v) is 9.24. The van der Waals surface area contributed by atoms with E-state index in [2.05, 4.69) is 0 Å². The van der Waals surface area contributed by atoms with Gasteiger partial charge in [-0.15, -0.1) is 0 Å². The van der Waals surface area contributed by atoms with Crippen LogP contribution in [0.2, 0.25) is 0 Å². The fourth-order valence-corrected chi connectivity index (χ4v) is 1.02. The molecule has 2 amide bonds. The molecule has 64 valence electrons. The molecule has 0 radical (unpaired) electrons. The third kappa shape index (κ3) is 7.77. The van der Waals surface area contributed by atoms with Crippen LogP contribution in [-0.2, 0) is 0 Å². The summed E-state index contributed by atoms with van der Waals surface area (Å²) in [6.45, 7) is 0. The van der Waals surface area contributed by atoms with Gasteiger partial charge in [0, 0.05) is 0 Å². The van der Waals surface area contributed by atoms with E-state index in [1.54, 1.807) is 0 Å². The number of nitrogens with one attached hydrogen (secondary N) is 2. The van der Waals surface area contributed by atoms with E-state index in [-0.39, 0.29) is 0 Å². The SMILES string of the molecule is O=C(I)NNC(=O)[I-]C(=O)O. The molecule has 0 aromatic rings. The molecule has 0 aromatic heterocycles. The molecule has 0 aliphatic heterocycles. The van der Waals surface area contributed by atoms with Gasteiger partial charge >= 0.3 is 85.9 Å². The third-order valence-electron chi connectivity index (χ3n) is 0.426. The Kier molecular flexibility index (Phi) is 5.45. The second-order valence-electron chi connectivity index (χ2n) is 1.14. The summed E-state index contributed by atoms with van der Waals surface area (Å²) in [6.07, 6.45) is 0. The van der Waals surface area contributed by atoms with Crippen LogP contribution in [-0.4, -0.2) is 16.9 Å². The summed E-state index contributed by atoms with van der Waals surface area (Å²) in [4.78, 5) is 30.6. The van der Waals surface area contributed by atoms with Gasteiger partial charge in [0.15, 0.2) is 0 Å². The Morgan fingerprint density at radius 2 is 1.82 bits per heavy atom. The molecule has 0 rings (SSSR count). The monoisotopic (exact) mass is 385 g/mol. The molecule has 8 heteroatoms. The first-order chi connectivity index (χ1) is 5.02. The van der Waals surface area contributed by atoms with Gasteiger partial charge in [-0.05, 0) is 0 Å². The van der Waals surface area contributed by atoms with Crippen molar-refractivity contribution in [1.82, 2.24) is 10.9 Å². The van der Waals surface area contributed by atoms with E-state index in [9.17, 15) is 14.4 Å². The van der Waals surface area contributed by atoms with Crippen LogP contribution in [0.25, 0.3) is 0 Å². The molecule has 0 fully saturated rings. The second kappa shape index (κ2) is 5.51. The fraction of sp³-hybridized carbons (Fsp3) is 0. The minimum absolute atomic E-state index is 0.467. The van der Waals surface area contributed by atoms with Gasteiger partial charge < -0.3 is 0 Å². The Hall–Kier alpha value is -0.130. The number of carbonyl (C=O) groups is 3. The number of carboxylic acid groups (broad SMARTS) is 1. The normalized spacial score (nSPS) is 8.82. The van der Waals surface area contributed by atoms with Gasteiger partial charge in [-0.3, -0.25) is 0 Å². The molecule has 0 spiro atoms. The van der Waals surface area contributed by atoms with Crippen molar-refractivity contribution in [3.05, 3.63) is 0 Å². The number of amides is 2. The first-order valence-electron chi connectivity index (χ1n) is 2.15. The van der Waals surface area contributed by atoms with E-state index in [0.29, 0.717) is 0 Å². The second-order valence-corrected chi connectivity index (χ2v) is 4.57. The van der Waals surface area contributed by atoms with Gasteiger partial charge in [0.05, 0.1) is 0 Å². The summed E-state index contributed by atoms with van der Waals surface area (Å²) in [5.74, 6) is 0. The molecule has 0 aliphatic carbocycles. The molecule has 0 atom stereocenters. The van der Waals surface area contributed by atoms with Gasteiger partial charge in [-0.2, -0.15) is 0 Å². The Bertz CT molecular complexity index is 194. The van der Waals surface area contributed by atoms with Crippen LogP contribution in [0.5, 0.6) is 0 Å². The summed E-state index contributed by atoms with van der Waals surface area (Å²) >= 11 is -0.171. The molecule has 0 saturated carbocycles. The number of carbonyl (C=O) groups excluding carboxylic acids is 2. The number of rotatable bonds is 2. The predicted molar refractivity (Wildman–Crippen MR) is 39.1 cm³/mol. The van der Waals surface area contributed by atoms with Crippen LogP contribution in [0.1, 0.15) is 0 Å². The van der Waals surface area contributed by atoms with Gasteiger partial charge in [-0.25, -0.2) is 0 Å². The van der Waals surface area contributed by atoms with Crippen LogP contribution in [0.3, 0.4) is 0 Å². The van der Waals surface area contributed by atoms with E-state index >= 15 is 0 Å².